The molecule has 148 valence electrons. The maximum absolute atomic E-state index is 10.1. The Kier molecular flexibility index (Phi) is 5.59. The van der Waals surface area contributed by atoms with Crippen molar-refractivity contribution in [2.45, 2.75) is 12.8 Å². The van der Waals surface area contributed by atoms with Gasteiger partial charge in [0.05, 0.1) is 38.1 Å². The molecule has 1 aliphatic carbocycles. The van der Waals surface area contributed by atoms with Crippen molar-refractivity contribution in [2.75, 3.05) is 33.9 Å². The summed E-state index contributed by atoms with van der Waals surface area (Å²) in [5.41, 5.74) is -0.464. The average molecular weight is 389 g/mol. The zero-order valence-corrected chi connectivity index (χ0v) is 16.8. The van der Waals surface area contributed by atoms with Gasteiger partial charge in [0, 0.05) is 30.5 Å². The number of hydrogen-bond acceptors (Lipinski definition) is 7. The monoisotopic (exact) mass is 389 g/mol. The molecule has 3 atom stereocenters. The highest BCUT2D eigenvalue weighted by Crippen LogP contribution is 2.55. The van der Waals surface area contributed by atoms with Gasteiger partial charge in [-0.05, 0) is 30.3 Å². The molecule has 3 rings (SSSR count). The molecule has 1 fully saturated rings. The lowest BCUT2D eigenvalue weighted by Crippen LogP contribution is -2.52. The normalized spacial score (nSPS) is 25.6. The Balaban J connectivity index is 2.32. The van der Waals surface area contributed by atoms with Crippen LogP contribution in [0.3, 0.4) is 0 Å². The molecule has 0 saturated heterocycles. The predicted octanol–water partition coefficient (Wildman–Crippen LogP) is 2.87. The first-order valence-corrected chi connectivity index (χ1v) is 9.46. The summed E-state index contributed by atoms with van der Waals surface area (Å²) in [7, 11) is 3.08. The van der Waals surface area contributed by atoms with E-state index in [4.69, 9.17) is 14.9 Å². The summed E-state index contributed by atoms with van der Waals surface area (Å²) in [4.78, 5) is 2.21. The third-order valence-electron chi connectivity index (χ3n) is 6.08. The molecule has 7 heteroatoms. The Morgan fingerprint density at radius 2 is 1.93 bits per heavy atom. The number of nitriles is 3. The SMILES string of the molecule is CCN1CC=C2C(C#N)C(=N)C(C#N)(C#N)[C@H](c3cc(OC)ccc3OC)[C@H]2C1. The van der Waals surface area contributed by atoms with Gasteiger partial charge in [-0.3, -0.25) is 4.90 Å². The Labute approximate surface area is 170 Å². The smallest absolute Gasteiger partial charge is 0.189 e. The molecule has 0 radical (unpaired) electrons. The van der Waals surface area contributed by atoms with E-state index >= 15 is 0 Å². The van der Waals surface area contributed by atoms with Crippen molar-refractivity contribution < 1.29 is 9.47 Å². The van der Waals surface area contributed by atoms with E-state index in [1.807, 2.05) is 6.08 Å². The molecular weight excluding hydrogens is 366 g/mol. The van der Waals surface area contributed by atoms with E-state index in [9.17, 15) is 15.8 Å². The Morgan fingerprint density at radius 1 is 1.21 bits per heavy atom. The highest BCUT2D eigenvalue weighted by Gasteiger charge is 2.58. The zero-order valence-electron chi connectivity index (χ0n) is 16.8. The summed E-state index contributed by atoms with van der Waals surface area (Å²) in [5, 5.41) is 38.7. The minimum Gasteiger partial charge on any atom is -0.497 e. The number of benzene rings is 1. The van der Waals surface area contributed by atoms with Crippen LogP contribution in [0.5, 0.6) is 11.5 Å². The standard InChI is InChI=1S/C22H23N5O2/c1-4-27-8-7-15-17(10-23)21(26)22(12-24,13-25)20(18(15)11-27)16-9-14(28-2)5-6-19(16)29-3/h5-7,9,17-18,20,26H,4,8,11H2,1-3H3/t17?,18-,20+/m0/s1. The van der Waals surface area contributed by atoms with Gasteiger partial charge in [-0.25, -0.2) is 0 Å². The molecule has 1 heterocycles. The van der Waals surface area contributed by atoms with Gasteiger partial charge in [0.25, 0.3) is 0 Å². The lowest BCUT2D eigenvalue weighted by molar-refractivity contribution is 0.209. The molecule has 0 amide bonds. The van der Waals surface area contributed by atoms with E-state index in [0.29, 0.717) is 30.2 Å². The molecule has 1 aromatic carbocycles. The molecular formula is C22H23N5O2. The molecule has 1 aromatic rings. The van der Waals surface area contributed by atoms with Crippen molar-refractivity contribution >= 4 is 5.71 Å². The first-order chi connectivity index (χ1) is 14.0. The van der Waals surface area contributed by atoms with Crippen LogP contribution in [0.25, 0.3) is 0 Å². The van der Waals surface area contributed by atoms with Crippen molar-refractivity contribution in [3.63, 3.8) is 0 Å². The van der Waals surface area contributed by atoms with Crippen molar-refractivity contribution in [3.05, 3.63) is 35.4 Å². The first-order valence-electron chi connectivity index (χ1n) is 9.46. The summed E-state index contributed by atoms with van der Waals surface area (Å²) in [6.45, 7) is 4.14. The Morgan fingerprint density at radius 3 is 2.48 bits per heavy atom. The summed E-state index contributed by atoms with van der Waals surface area (Å²) >= 11 is 0. The minimum atomic E-state index is -1.77. The van der Waals surface area contributed by atoms with Crippen LogP contribution in [0, 0.1) is 56.7 Å². The highest BCUT2D eigenvalue weighted by molar-refractivity contribution is 6.01. The second kappa shape index (κ2) is 7.95. The number of rotatable bonds is 4. The lowest BCUT2D eigenvalue weighted by Gasteiger charge is -2.47. The number of hydrogen-bond donors (Lipinski definition) is 1. The van der Waals surface area contributed by atoms with Gasteiger partial charge >= 0.3 is 0 Å². The lowest BCUT2D eigenvalue weighted by atomic mass is 9.54. The summed E-state index contributed by atoms with van der Waals surface area (Å²) in [6.07, 6.45) is 1.98. The summed E-state index contributed by atoms with van der Waals surface area (Å²) < 4.78 is 10.9. The number of nitrogens with zero attached hydrogens (tertiary/aromatic N) is 4. The van der Waals surface area contributed by atoms with Gasteiger partial charge in [0.15, 0.2) is 5.41 Å². The molecule has 2 aliphatic rings. The highest BCUT2D eigenvalue weighted by atomic mass is 16.5. The molecule has 7 nitrogen and oxygen atoms in total. The van der Waals surface area contributed by atoms with Crippen LogP contribution in [0.15, 0.2) is 29.8 Å². The van der Waals surface area contributed by atoms with E-state index in [-0.39, 0.29) is 11.6 Å². The second-order valence-electron chi connectivity index (χ2n) is 7.26. The molecule has 0 bridgehead atoms. The quantitative estimate of drug-likeness (QED) is 0.791. The van der Waals surface area contributed by atoms with Crippen LogP contribution in [-0.4, -0.2) is 44.5 Å². The van der Waals surface area contributed by atoms with E-state index in [0.717, 1.165) is 12.1 Å². The van der Waals surface area contributed by atoms with Crippen molar-refractivity contribution in [1.82, 2.24) is 4.90 Å². The molecule has 1 aliphatic heterocycles. The number of nitrogens with one attached hydrogen (secondary N) is 1. The van der Waals surface area contributed by atoms with Gasteiger partial charge in [0.2, 0.25) is 0 Å². The van der Waals surface area contributed by atoms with Crippen LogP contribution in [0.1, 0.15) is 18.4 Å². The third kappa shape index (κ3) is 3.03. The van der Waals surface area contributed by atoms with Crippen LogP contribution < -0.4 is 9.47 Å². The molecule has 29 heavy (non-hydrogen) atoms. The second-order valence-corrected chi connectivity index (χ2v) is 7.26. The molecule has 1 unspecified atom stereocenters. The maximum Gasteiger partial charge on any atom is 0.189 e. The zero-order chi connectivity index (χ0) is 21.2. The van der Waals surface area contributed by atoms with Crippen LogP contribution >= 0.6 is 0 Å². The Hall–Kier alpha value is -3.34. The van der Waals surface area contributed by atoms with Gasteiger partial charge < -0.3 is 14.9 Å². The predicted molar refractivity (Wildman–Crippen MR) is 106 cm³/mol. The van der Waals surface area contributed by atoms with E-state index in [1.54, 1.807) is 25.3 Å². The number of likely N-dealkylation sites (N-methyl/N-ethyl adjacent to an activating group) is 1. The molecule has 1 saturated carbocycles. The van der Waals surface area contributed by atoms with Crippen LogP contribution in [-0.2, 0) is 0 Å². The average Bonchev–Trinajstić information content (AvgIpc) is 2.77. The first kappa shape index (κ1) is 20.4. The summed E-state index contributed by atoms with van der Waals surface area (Å²) in [5.74, 6) is -0.677. The van der Waals surface area contributed by atoms with E-state index in [1.165, 1.54) is 7.11 Å². The van der Waals surface area contributed by atoms with Crippen LogP contribution in [0.2, 0.25) is 0 Å². The van der Waals surface area contributed by atoms with E-state index in [2.05, 4.69) is 30.0 Å². The fourth-order valence-electron chi connectivity index (χ4n) is 4.55. The van der Waals surface area contributed by atoms with Crippen molar-refractivity contribution in [2.24, 2.45) is 17.3 Å². The fraction of sp³-hybridized carbons (Fsp3) is 0.455. The molecule has 0 aromatic heterocycles. The minimum absolute atomic E-state index is 0.160. The molecule has 1 N–H and O–H groups in total. The van der Waals surface area contributed by atoms with Gasteiger partial charge in [-0.2, -0.15) is 15.8 Å². The topological polar surface area (TPSA) is 117 Å². The fourth-order valence-corrected chi connectivity index (χ4v) is 4.55. The number of ether oxygens (including phenoxy) is 2. The van der Waals surface area contributed by atoms with Gasteiger partial charge in [-0.1, -0.05) is 13.0 Å². The van der Waals surface area contributed by atoms with E-state index < -0.39 is 17.3 Å². The van der Waals surface area contributed by atoms with Crippen molar-refractivity contribution in [3.8, 4) is 29.7 Å². The van der Waals surface area contributed by atoms with Crippen LogP contribution in [0.4, 0.5) is 0 Å². The largest absolute Gasteiger partial charge is 0.497 e. The van der Waals surface area contributed by atoms with Gasteiger partial charge in [0.1, 0.15) is 17.4 Å². The number of fused-ring (bicyclic) bond motifs is 1. The Bertz CT molecular complexity index is 964. The summed E-state index contributed by atoms with van der Waals surface area (Å²) in [6, 6.07) is 11.6. The van der Waals surface area contributed by atoms with Crippen molar-refractivity contribution in [1.29, 1.82) is 21.2 Å². The molecule has 0 spiro atoms. The van der Waals surface area contributed by atoms with Gasteiger partial charge in [-0.15, -0.1) is 0 Å². The number of methoxy groups -OCH3 is 2. The third-order valence-corrected chi connectivity index (χ3v) is 6.08. The maximum atomic E-state index is 10.1.